The molecule has 1 aliphatic rings. The van der Waals surface area contributed by atoms with E-state index in [1.165, 1.54) is 42.4 Å². The van der Waals surface area contributed by atoms with Crippen LogP contribution >= 0.6 is 0 Å². The normalized spacial score (nSPS) is 13.4. The second-order valence-electron chi connectivity index (χ2n) is 9.49. The molecule has 4 rings (SSSR count). The average Bonchev–Trinajstić information content (AvgIpc) is 3.45. The average molecular weight is 486 g/mol. The zero-order valence-corrected chi connectivity index (χ0v) is 20.7. The molecule has 0 saturated heterocycles. The Bertz CT molecular complexity index is 1150. The zero-order valence-electron chi connectivity index (χ0n) is 20.7. The molecule has 36 heavy (non-hydrogen) atoms. The molecule has 0 spiro atoms. The molecule has 3 aromatic rings. The van der Waals surface area contributed by atoms with Crippen LogP contribution < -0.4 is 10.1 Å². The number of carboxylic acid groups (broad SMARTS) is 1. The summed E-state index contributed by atoms with van der Waals surface area (Å²) in [5.74, 6) is 0.402. The van der Waals surface area contributed by atoms with E-state index >= 15 is 0 Å². The number of benzene rings is 3. The van der Waals surface area contributed by atoms with E-state index in [0.29, 0.717) is 31.1 Å². The van der Waals surface area contributed by atoms with Gasteiger partial charge in [-0.15, -0.1) is 0 Å². The second-order valence-corrected chi connectivity index (χ2v) is 9.49. The van der Waals surface area contributed by atoms with E-state index in [-0.39, 0.29) is 12.3 Å². The molecule has 1 aliphatic carbocycles. The van der Waals surface area contributed by atoms with Gasteiger partial charge < -0.3 is 15.2 Å². The fraction of sp³-hybridized carbons (Fsp3) is 0.355. The van der Waals surface area contributed by atoms with Crippen LogP contribution in [0.2, 0.25) is 0 Å². The molecule has 1 amide bonds. The summed E-state index contributed by atoms with van der Waals surface area (Å²) in [7, 11) is 0. The van der Waals surface area contributed by atoms with E-state index in [1.807, 2.05) is 36.4 Å². The van der Waals surface area contributed by atoms with Gasteiger partial charge in [0, 0.05) is 24.1 Å². The van der Waals surface area contributed by atoms with E-state index in [0.717, 1.165) is 24.2 Å². The van der Waals surface area contributed by atoms with Crippen molar-refractivity contribution in [3.63, 3.8) is 0 Å². The highest BCUT2D eigenvalue weighted by Gasteiger charge is 2.22. The number of ether oxygens (including phenoxy) is 1. The number of amides is 1. The smallest absolute Gasteiger partial charge is 0.303 e. The first-order valence-electron chi connectivity index (χ1n) is 13.0. The van der Waals surface area contributed by atoms with E-state index in [4.69, 9.17) is 9.84 Å². The minimum absolute atomic E-state index is 0.0858. The minimum Gasteiger partial charge on any atom is -0.493 e. The Morgan fingerprint density at radius 3 is 2.42 bits per heavy atom. The van der Waals surface area contributed by atoms with Gasteiger partial charge in [0.15, 0.2) is 0 Å². The van der Waals surface area contributed by atoms with Crippen LogP contribution in [-0.4, -0.2) is 23.6 Å². The lowest BCUT2D eigenvalue weighted by Gasteiger charge is -2.18. The number of para-hydroxylation sites is 1. The predicted octanol–water partition coefficient (Wildman–Crippen LogP) is 6.97. The number of carboxylic acids is 1. The fourth-order valence-electron chi connectivity index (χ4n) is 4.96. The highest BCUT2D eigenvalue weighted by molar-refractivity contribution is 5.95. The minimum atomic E-state index is -0.762. The van der Waals surface area contributed by atoms with Gasteiger partial charge in [-0.3, -0.25) is 9.59 Å². The van der Waals surface area contributed by atoms with E-state index in [1.54, 1.807) is 0 Å². The maximum Gasteiger partial charge on any atom is 0.303 e. The Morgan fingerprint density at radius 2 is 1.64 bits per heavy atom. The van der Waals surface area contributed by atoms with Crippen LogP contribution in [0.15, 0.2) is 72.8 Å². The Kier molecular flexibility index (Phi) is 9.15. The number of rotatable bonds is 12. The quantitative estimate of drug-likeness (QED) is 0.272. The van der Waals surface area contributed by atoms with Crippen molar-refractivity contribution < 1.29 is 19.4 Å². The van der Waals surface area contributed by atoms with E-state index in [2.05, 4.69) is 41.7 Å². The van der Waals surface area contributed by atoms with Crippen molar-refractivity contribution in [3.05, 3.63) is 89.5 Å². The van der Waals surface area contributed by atoms with Crippen molar-refractivity contribution in [2.45, 2.75) is 63.8 Å². The summed E-state index contributed by atoms with van der Waals surface area (Å²) >= 11 is 0. The third-order valence-corrected chi connectivity index (χ3v) is 6.90. The van der Waals surface area contributed by atoms with Crippen LogP contribution in [0, 0.1) is 0 Å². The van der Waals surface area contributed by atoms with Gasteiger partial charge in [-0.05, 0) is 72.9 Å². The molecular formula is C31H35NO4. The van der Waals surface area contributed by atoms with Crippen molar-refractivity contribution in [2.24, 2.45) is 0 Å². The summed E-state index contributed by atoms with van der Waals surface area (Å²) in [5, 5.41) is 11.8. The number of nitrogens with one attached hydrogen (secondary N) is 1. The molecule has 1 saturated carbocycles. The molecule has 0 atom stereocenters. The van der Waals surface area contributed by atoms with Gasteiger partial charge in [0.05, 0.1) is 6.61 Å². The Morgan fingerprint density at radius 1 is 0.889 bits per heavy atom. The number of hydrogen-bond acceptors (Lipinski definition) is 3. The Labute approximate surface area is 213 Å². The zero-order chi connectivity index (χ0) is 25.2. The van der Waals surface area contributed by atoms with Gasteiger partial charge in [-0.2, -0.15) is 0 Å². The standard InChI is InChI=1S/C31H35NO4/c33-30(34)17-5-2-10-20-36-29-16-9-8-15-26(29)22-32-31(35)25-18-19-27(23-11-3-1-4-12-23)28(21-25)24-13-6-7-14-24/h1,3-4,8-9,11-12,15-16,18-19,21,24H,2,5-7,10,13-14,17,20,22H2,(H,32,35)(H,33,34). The fourth-order valence-corrected chi connectivity index (χ4v) is 4.96. The number of unbranched alkanes of at least 4 members (excludes halogenated alkanes) is 2. The number of carbonyl (C=O) groups excluding carboxylic acids is 1. The Balaban J connectivity index is 1.40. The molecule has 0 heterocycles. The van der Waals surface area contributed by atoms with Crippen molar-refractivity contribution in [1.82, 2.24) is 5.32 Å². The summed E-state index contributed by atoms with van der Waals surface area (Å²) in [4.78, 5) is 23.8. The van der Waals surface area contributed by atoms with Crippen LogP contribution in [-0.2, 0) is 11.3 Å². The summed E-state index contributed by atoms with van der Waals surface area (Å²) in [6, 6.07) is 24.3. The van der Waals surface area contributed by atoms with Gasteiger partial charge in [0.2, 0.25) is 0 Å². The summed E-state index contributed by atoms with van der Waals surface area (Å²) in [5.41, 5.74) is 5.31. The van der Waals surface area contributed by atoms with E-state index in [9.17, 15) is 9.59 Å². The van der Waals surface area contributed by atoms with Gasteiger partial charge in [0.1, 0.15) is 5.75 Å². The van der Waals surface area contributed by atoms with Gasteiger partial charge in [-0.1, -0.05) is 67.4 Å². The third-order valence-electron chi connectivity index (χ3n) is 6.90. The summed E-state index contributed by atoms with van der Waals surface area (Å²) < 4.78 is 5.93. The largest absolute Gasteiger partial charge is 0.493 e. The molecule has 188 valence electrons. The first-order chi connectivity index (χ1) is 17.6. The molecule has 0 radical (unpaired) electrons. The highest BCUT2D eigenvalue weighted by atomic mass is 16.5. The first-order valence-corrected chi connectivity index (χ1v) is 13.0. The molecule has 0 aliphatic heterocycles. The van der Waals surface area contributed by atoms with Gasteiger partial charge >= 0.3 is 5.97 Å². The van der Waals surface area contributed by atoms with Crippen LogP contribution in [0.1, 0.15) is 78.8 Å². The SMILES string of the molecule is O=C(O)CCCCCOc1ccccc1CNC(=O)c1ccc(-c2ccccc2)c(C2CCCC2)c1. The van der Waals surface area contributed by atoms with Crippen LogP contribution in [0.5, 0.6) is 5.75 Å². The van der Waals surface area contributed by atoms with Gasteiger partial charge in [0.25, 0.3) is 5.91 Å². The molecular weight excluding hydrogens is 450 g/mol. The maximum absolute atomic E-state index is 13.1. The molecule has 5 heteroatoms. The van der Waals surface area contributed by atoms with Crippen LogP contribution in [0.3, 0.4) is 0 Å². The summed E-state index contributed by atoms with van der Waals surface area (Å²) in [6.45, 7) is 0.906. The predicted molar refractivity (Wildman–Crippen MR) is 142 cm³/mol. The number of carbonyl (C=O) groups is 2. The van der Waals surface area contributed by atoms with Crippen molar-refractivity contribution in [3.8, 4) is 16.9 Å². The lowest BCUT2D eigenvalue weighted by molar-refractivity contribution is -0.137. The highest BCUT2D eigenvalue weighted by Crippen LogP contribution is 2.39. The topological polar surface area (TPSA) is 75.6 Å². The van der Waals surface area contributed by atoms with Crippen molar-refractivity contribution >= 4 is 11.9 Å². The van der Waals surface area contributed by atoms with Crippen molar-refractivity contribution in [1.29, 1.82) is 0 Å². The number of aliphatic carboxylic acids is 1. The molecule has 0 unspecified atom stereocenters. The van der Waals surface area contributed by atoms with Crippen LogP contribution in [0.4, 0.5) is 0 Å². The van der Waals surface area contributed by atoms with Gasteiger partial charge in [-0.25, -0.2) is 0 Å². The third kappa shape index (κ3) is 6.97. The number of hydrogen-bond donors (Lipinski definition) is 2. The van der Waals surface area contributed by atoms with Crippen molar-refractivity contribution in [2.75, 3.05) is 6.61 Å². The lowest BCUT2D eigenvalue weighted by atomic mass is 9.88. The molecule has 5 nitrogen and oxygen atoms in total. The lowest BCUT2D eigenvalue weighted by Crippen LogP contribution is -2.23. The molecule has 0 bridgehead atoms. The maximum atomic E-state index is 13.1. The Hall–Kier alpha value is -3.60. The molecule has 0 aromatic heterocycles. The van der Waals surface area contributed by atoms with E-state index < -0.39 is 5.97 Å². The van der Waals surface area contributed by atoms with Crippen LogP contribution in [0.25, 0.3) is 11.1 Å². The molecule has 3 aromatic carbocycles. The molecule has 2 N–H and O–H groups in total. The first kappa shape index (κ1) is 25.5. The summed E-state index contributed by atoms with van der Waals surface area (Å²) in [6.07, 6.45) is 7.29. The monoisotopic (exact) mass is 485 g/mol. The molecule has 1 fully saturated rings. The second kappa shape index (κ2) is 12.9.